The summed E-state index contributed by atoms with van der Waals surface area (Å²) in [6, 6.07) is 25.9. The van der Waals surface area contributed by atoms with Gasteiger partial charge in [0.05, 0.1) is 0 Å². The molecule has 28 heavy (non-hydrogen) atoms. The zero-order chi connectivity index (χ0) is 19.7. The van der Waals surface area contributed by atoms with E-state index < -0.39 is 0 Å². The molecule has 0 atom stereocenters. The quantitative estimate of drug-likeness (QED) is 0.261. The van der Waals surface area contributed by atoms with Gasteiger partial charge in [0.1, 0.15) is 11.6 Å². The van der Waals surface area contributed by atoms with Crippen LogP contribution in [0.5, 0.6) is 0 Å². The van der Waals surface area contributed by atoms with E-state index in [-0.39, 0.29) is 11.6 Å². The minimum absolute atomic E-state index is 0.346. The Kier molecular flexibility index (Phi) is 5.27. The van der Waals surface area contributed by atoms with Gasteiger partial charge >= 0.3 is 0 Å². The van der Waals surface area contributed by atoms with Gasteiger partial charge in [0.15, 0.2) is 0 Å². The summed E-state index contributed by atoms with van der Waals surface area (Å²) in [6.45, 7) is 2.06. The lowest BCUT2D eigenvalue weighted by Gasteiger charge is -2.09. The van der Waals surface area contributed by atoms with E-state index in [0.29, 0.717) is 16.7 Å². The maximum atomic E-state index is 14.8. The molecule has 0 amide bonds. The van der Waals surface area contributed by atoms with Gasteiger partial charge in [-0.25, -0.2) is 8.78 Å². The van der Waals surface area contributed by atoms with Gasteiger partial charge < -0.3 is 0 Å². The third kappa shape index (κ3) is 3.85. The van der Waals surface area contributed by atoms with Crippen molar-refractivity contribution in [1.82, 2.24) is 0 Å². The Bertz CT molecular complexity index is 1130. The van der Waals surface area contributed by atoms with Crippen molar-refractivity contribution >= 4 is 22.6 Å². The Labute approximate surface area is 177 Å². The van der Waals surface area contributed by atoms with Crippen LogP contribution in [0.3, 0.4) is 0 Å². The summed E-state index contributed by atoms with van der Waals surface area (Å²) >= 11 is 2.06. The average Bonchev–Trinajstić information content (AvgIpc) is 2.69. The molecule has 0 saturated carbocycles. The van der Waals surface area contributed by atoms with Crippen molar-refractivity contribution in [3.8, 4) is 33.4 Å². The Morgan fingerprint density at radius 1 is 0.536 bits per heavy atom. The van der Waals surface area contributed by atoms with Crippen LogP contribution in [0.15, 0.2) is 84.9 Å². The van der Waals surface area contributed by atoms with E-state index in [2.05, 4.69) is 53.8 Å². The van der Waals surface area contributed by atoms with Crippen molar-refractivity contribution in [2.75, 3.05) is 0 Å². The molecule has 0 aliphatic heterocycles. The summed E-state index contributed by atoms with van der Waals surface area (Å²) in [5.74, 6) is -0.708. The first kappa shape index (κ1) is 18.8. The highest BCUT2D eigenvalue weighted by Crippen LogP contribution is 2.31. The number of hydrogen-bond acceptors (Lipinski definition) is 0. The zero-order valence-corrected chi connectivity index (χ0v) is 17.4. The molecule has 0 aliphatic carbocycles. The van der Waals surface area contributed by atoms with Gasteiger partial charge in [-0.05, 0) is 70.0 Å². The summed E-state index contributed by atoms with van der Waals surface area (Å²) in [6.07, 6.45) is 0. The molecule has 0 aliphatic rings. The fourth-order valence-electron chi connectivity index (χ4n) is 3.23. The first-order valence-electron chi connectivity index (χ1n) is 8.94. The molecule has 0 nitrogen and oxygen atoms in total. The van der Waals surface area contributed by atoms with Gasteiger partial charge in [0.25, 0.3) is 0 Å². The van der Waals surface area contributed by atoms with Crippen molar-refractivity contribution in [2.45, 2.75) is 6.92 Å². The number of aryl methyl sites for hydroxylation is 1. The summed E-state index contributed by atoms with van der Waals surface area (Å²) < 4.78 is 29.8. The van der Waals surface area contributed by atoms with Gasteiger partial charge in [-0.1, -0.05) is 72.3 Å². The minimum Gasteiger partial charge on any atom is -0.206 e. The smallest absolute Gasteiger partial charge is 0.132 e. The molecule has 0 radical (unpaired) electrons. The second-order valence-corrected chi connectivity index (χ2v) is 8.01. The fourth-order valence-corrected chi connectivity index (χ4v) is 3.68. The van der Waals surface area contributed by atoms with Crippen molar-refractivity contribution in [3.05, 3.63) is 106 Å². The Hall–Kier alpha value is -2.53. The van der Waals surface area contributed by atoms with E-state index in [9.17, 15) is 8.78 Å². The van der Waals surface area contributed by atoms with Crippen LogP contribution in [0.25, 0.3) is 33.4 Å². The number of halogens is 3. The highest BCUT2D eigenvalue weighted by molar-refractivity contribution is 14.1. The van der Waals surface area contributed by atoms with E-state index in [1.165, 1.54) is 17.7 Å². The van der Waals surface area contributed by atoms with Crippen LogP contribution in [-0.4, -0.2) is 0 Å². The third-order valence-electron chi connectivity index (χ3n) is 4.79. The number of rotatable bonds is 3. The summed E-state index contributed by atoms with van der Waals surface area (Å²) in [7, 11) is 0. The van der Waals surface area contributed by atoms with Gasteiger partial charge in [0.2, 0.25) is 0 Å². The maximum Gasteiger partial charge on any atom is 0.132 e. The normalized spacial score (nSPS) is 10.9. The predicted molar refractivity (Wildman–Crippen MR) is 120 cm³/mol. The minimum atomic E-state index is -0.362. The van der Waals surface area contributed by atoms with Gasteiger partial charge in [0, 0.05) is 14.7 Å². The van der Waals surface area contributed by atoms with Crippen molar-refractivity contribution in [2.24, 2.45) is 0 Å². The molecule has 4 aromatic carbocycles. The zero-order valence-electron chi connectivity index (χ0n) is 15.2. The van der Waals surface area contributed by atoms with Gasteiger partial charge in [-0.3, -0.25) is 0 Å². The Balaban J connectivity index is 1.65. The highest BCUT2D eigenvalue weighted by Gasteiger charge is 2.11. The lowest BCUT2D eigenvalue weighted by atomic mass is 9.97. The second-order valence-electron chi connectivity index (χ2n) is 6.76. The molecule has 0 spiro atoms. The van der Waals surface area contributed by atoms with E-state index in [1.54, 1.807) is 18.2 Å². The van der Waals surface area contributed by atoms with E-state index in [1.807, 2.05) is 30.3 Å². The largest absolute Gasteiger partial charge is 0.206 e. The first-order valence-corrected chi connectivity index (χ1v) is 10.0. The molecular formula is C25H17F2I. The lowest BCUT2D eigenvalue weighted by Crippen LogP contribution is -1.90. The monoisotopic (exact) mass is 482 g/mol. The molecule has 0 saturated heterocycles. The lowest BCUT2D eigenvalue weighted by molar-refractivity contribution is 0.626. The molecule has 4 aromatic rings. The van der Waals surface area contributed by atoms with Crippen molar-refractivity contribution in [1.29, 1.82) is 0 Å². The second kappa shape index (κ2) is 7.84. The van der Waals surface area contributed by atoms with Crippen LogP contribution in [-0.2, 0) is 0 Å². The molecule has 0 bridgehead atoms. The number of hydrogen-bond donors (Lipinski definition) is 0. The average molecular weight is 482 g/mol. The summed E-state index contributed by atoms with van der Waals surface area (Å²) in [5, 5.41) is 0. The molecule has 0 fully saturated rings. The Morgan fingerprint density at radius 3 is 1.61 bits per heavy atom. The predicted octanol–water partition coefficient (Wildman–Crippen LogP) is 7.88. The molecule has 0 unspecified atom stereocenters. The fraction of sp³-hybridized carbons (Fsp3) is 0.0400. The van der Waals surface area contributed by atoms with Crippen molar-refractivity contribution < 1.29 is 8.78 Å². The van der Waals surface area contributed by atoms with Crippen LogP contribution in [0.1, 0.15) is 5.56 Å². The van der Waals surface area contributed by atoms with Crippen LogP contribution in [0.4, 0.5) is 8.78 Å². The molecule has 3 heteroatoms. The van der Waals surface area contributed by atoms with Gasteiger partial charge in [-0.15, -0.1) is 0 Å². The first-order chi connectivity index (χ1) is 13.5. The van der Waals surface area contributed by atoms with E-state index >= 15 is 0 Å². The van der Waals surface area contributed by atoms with Crippen LogP contribution in [0, 0.1) is 22.1 Å². The molecule has 4 rings (SSSR count). The van der Waals surface area contributed by atoms with E-state index in [4.69, 9.17) is 0 Å². The summed E-state index contributed by atoms with van der Waals surface area (Å²) in [5.41, 5.74) is 5.66. The van der Waals surface area contributed by atoms with Crippen LogP contribution >= 0.6 is 22.6 Å². The topological polar surface area (TPSA) is 0 Å². The van der Waals surface area contributed by atoms with Gasteiger partial charge in [-0.2, -0.15) is 0 Å². The molecule has 0 aromatic heterocycles. The van der Waals surface area contributed by atoms with E-state index in [0.717, 1.165) is 20.3 Å². The molecule has 0 N–H and O–H groups in total. The highest BCUT2D eigenvalue weighted by atomic mass is 127. The van der Waals surface area contributed by atoms with Crippen LogP contribution < -0.4 is 0 Å². The third-order valence-corrected chi connectivity index (χ3v) is 5.46. The SMILES string of the molecule is Cc1ccc(-c2ccc(-c3ccc(-c4ccc(I)cc4F)cc3F)cc2)cc1. The van der Waals surface area contributed by atoms with Crippen LogP contribution in [0.2, 0.25) is 0 Å². The molecular weight excluding hydrogens is 465 g/mol. The Morgan fingerprint density at radius 2 is 1.00 bits per heavy atom. The standard InChI is InChI=1S/C25H17F2I/c1-16-2-4-17(5-3-16)18-6-8-19(9-7-18)22-12-10-20(14-24(22)26)23-13-11-21(28)15-25(23)27/h2-15H,1H3. The summed E-state index contributed by atoms with van der Waals surface area (Å²) in [4.78, 5) is 0. The molecule has 138 valence electrons. The van der Waals surface area contributed by atoms with Crippen molar-refractivity contribution in [3.63, 3.8) is 0 Å². The molecule has 0 heterocycles. The number of benzene rings is 4. The maximum absolute atomic E-state index is 14.8.